The maximum absolute atomic E-state index is 12.8. The lowest BCUT2D eigenvalue weighted by molar-refractivity contribution is -0.139. The SMILES string of the molecule is O=C(CC[C@H](NC(=O)OCc1ccccc1)C(=O)O)NC1c2ccccc2Oc2ccccc21. The number of alkyl carbamates (subject to hydrolysis) is 1. The van der Waals surface area contributed by atoms with Gasteiger partial charge < -0.3 is 25.2 Å². The maximum Gasteiger partial charge on any atom is 0.408 e. The van der Waals surface area contributed by atoms with Gasteiger partial charge in [0.15, 0.2) is 0 Å². The normalized spacial score (nSPS) is 12.9. The number of ether oxygens (including phenoxy) is 2. The molecule has 0 aromatic heterocycles. The molecule has 1 aliphatic rings. The predicted molar refractivity (Wildman–Crippen MR) is 123 cm³/mol. The topological polar surface area (TPSA) is 114 Å². The van der Waals surface area contributed by atoms with Crippen molar-refractivity contribution in [2.45, 2.75) is 31.5 Å². The Hall–Kier alpha value is -4.33. The van der Waals surface area contributed by atoms with Gasteiger partial charge in [-0.1, -0.05) is 66.7 Å². The number of benzene rings is 3. The largest absolute Gasteiger partial charge is 0.480 e. The molecule has 0 saturated heterocycles. The summed E-state index contributed by atoms with van der Waals surface area (Å²) in [6.45, 7) is 0.0159. The zero-order valence-electron chi connectivity index (χ0n) is 18.3. The Labute approximate surface area is 196 Å². The zero-order valence-corrected chi connectivity index (χ0v) is 18.3. The average Bonchev–Trinajstić information content (AvgIpc) is 2.85. The molecular weight excluding hydrogens is 436 g/mol. The second-order valence-electron chi connectivity index (χ2n) is 7.81. The van der Waals surface area contributed by atoms with Gasteiger partial charge in [-0.3, -0.25) is 4.79 Å². The van der Waals surface area contributed by atoms with Gasteiger partial charge in [0.25, 0.3) is 0 Å². The van der Waals surface area contributed by atoms with Crippen LogP contribution in [0.3, 0.4) is 0 Å². The van der Waals surface area contributed by atoms with E-state index in [1.807, 2.05) is 66.7 Å². The van der Waals surface area contributed by atoms with E-state index in [-0.39, 0.29) is 25.4 Å². The first-order valence-corrected chi connectivity index (χ1v) is 10.9. The van der Waals surface area contributed by atoms with Crippen molar-refractivity contribution in [3.8, 4) is 11.5 Å². The Kier molecular flexibility index (Phi) is 7.07. The summed E-state index contributed by atoms with van der Waals surface area (Å²) in [5.74, 6) is -0.288. The highest BCUT2D eigenvalue weighted by Crippen LogP contribution is 2.42. The van der Waals surface area contributed by atoms with E-state index in [1.54, 1.807) is 12.1 Å². The summed E-state index contributed by atoms with van der Waals surface area (Å²) in [5, 5.41) is 14.8. The van der Waals surface area contributed by atoms with Gasteiger partial charge in [0.2, 0.25) is 5.91 Å². The van der Waals surface area contributed by atoms with Gasteiger partial charge >= 0.3 is 12.1 Å². The third-order valence-corrected chi connectivity index (χ3v) is 5.45. The number of hydrogen-bond donors (Lipinski definition) is 3. The van der Waals surface area contributed by atoms with Crippen LogP contribution in [0.4, 0.5) is 4.79 Å². The molecule has 0 fully saturated rings. The van der Waals surface area contributed by atoms with Crippen molar-refractivity contribution in [3.63, 3.8) is 0 Å². The molecule has 1 aliphatic heterocycles. The summed E-state index contributed by atoms with van der Waals surface area (Å²) in [7, 11) is 0. The third kappa shape index (κ3) is 5.53. The van der Waals surface area contributed by atoms with Gasteiger partial charge in [0.1, 0.15) is 24.1 Å². The van der Waals surface area contributed by atoms with Crippen molar-refractivity contribution < 1.29 is 29.0 Å². The van der Waals surface area contributed by atoms with Crippen LogP contribution >= 0.6 is 0 Å². The lowest BCUT2D eigenvalue weighted by atomic mass is 9.94. The Morgan fingerprint density at radius 1 is 0.882 bits per heavy atom. The van der Waals surface area contributed by atoms with E-state index in [0.717, 1.165) is 16.7 Å². The predicted octanol–water partition coefficient (Wildman–Crippen LogP) is 4.16. The minimum Gasteiger partial charge on any atom is -0.480 e. The number of carbonyl (C=O) groups excluding carboxylic acids is 2. The number of nitrogens with one attached hydrogen (secondary N) is 2. The molecule has 1 heterocycles. The number of amides is 2. The van der Waals surface area contributed by atoms with Gasteiger partial charge in [0, 0.05) is 17.5 Å². The van der Waals surface area contributed by atoms with Crippen LogP contribution in [0.15, 0.2) is 78.9 Å². The Morgan fingerprint density at radius 3 is 2.09 bits per heavy atom. The fourth-order valence-corrected chi connectivity index (χ4v) is 3.74. The second-order valence-corrected chi connectivity index (χ2v) is 7.81. The van der Waals surface area contributed by atoms with Crippen LogP contribution in [0, 0.1) is 0 Å². The summed E-state index contributed by atoms with van der Waals surface area (Å²) in [5.41, 5.74) is 2.40. The van der Waals surface area contributed by atoms with Crippen LogP contribution in [-0.2, 0) is 20.9 Å². The van der Waals surface area contributed by atoms with Gasteiger partial charge in [-0.25, -0.2) is 9.59 Å². The standard InChI is InChI=1S/C26H24N2O6/c29-23(15-14-20(25(30)31)27-26(32)33-16-17-8-2-1-3-9-17)28-24-18-10-4-6-12-21(18)34-22-13-7-5-11-19(22)24/h1-13,20,24H,14-16H2,(H,27,32)(H,28,29)(H,30,31)/t20-/m0/s1. The highest BCUT2D eigenvalue weighted by atomic mass is 16.5. The lowest BCUT2D eigenvalue weighted by Crippen LogP contribution is -2.42. The molecule has 4 rings (SSSR count). The molecule has 0 radical (unpaired) electrons. The molecule has 0 unspecified atom stereocenters. The van der Waals surface area contributed by atoms with Gasteiger partial charge in [-0.2, -0.15) is 0 Å². The highest BCUT2D eigenvalue weighted by Gasteiger charge is 2.29. The molecule has 0 bridgehead atoms. The average molecular weight is 460 g/mol. The summed E-state index contributed by atoms with van der Waals surface area (Å²) in [6.07, 6.45) is -1.05. The molecule has 3 aromatic rings. The fourth-order valence-electron chi connectivity index (χ4n) is 3.74. The van der Waals surface area contributed by atoms with E-state index in [1.165, 1.54) is 0 Å². The van der Waals surface area contributed by atoms with Crippen LogP contribution in [0.1, 0.15) is 35.6 Å². The number of para-hydroxylation sites is 2. The van der Waals surface area contributed by atoms with Crippen molar-refractivity contribution in [1.29, 1.82) is 0 Å². The highest BCUT2D eigenvalue weighted by molar-refractivity contribution is 5.82. The van der Waals surface area contributed by atoms with E-state index < -0.39 is 24.1 Å². The van der Waals surface area contributed by atoms with E-state index in [0.29, 0.717) is 11.5 Å². The first-order chi connectivity index (χ1) is 16.5. The first-order valence-electron chi connectivity index (χ1n) is 10.9. The molecule has 3 N–H and O–H groups in total. The maximum atomic E-state index is 12.8. The van der Waals surface area contributed by atoms with Crippen LogP contribution in [0.5, 0.6) is 11.5 Å². The third-order valence-electron chi connectivity index (χ3n) is 5.45. The minimum absolute atomic E-state index is 0.0159. The lowest BCUT2D eigenvalue weighted by Gasteiger charge is -2.29. The van der Waals surface area contributed by atoms with Crippen LogP contribution in [0.2, 0.25) is 0 Å². The molecular formula is C26H24N2O6. The Bertz CT molecular complexity index is 1140. The molecule has 34 heavy (non-hydrogen) atoms. The number of fused-ring (bicyclic) bond motifs is 2. The van der Waals surface area contributed by atoms with Gasteiger partial charge in [-0.05, 0) is 24.1 Å². The molecule has 0 spiro atoms. The Balaban J connectivity index is 1.35. The molecule has 174 valence electrons. The molecule has 2 amide bonds. The smallest absolute Gasteiger partial charge is 0.408 e. The van der Waals surface area contributed by atoms with E-state index in [9.17, 15) is 19.5 Å². The molecule has 8 heteroatoms. The molecule has 3 aromatic carbocycles. The number of carbonyl (C=O) groups is 3. The van der Waals surface area contributed by atoms with Crippen molar-refractivity contribution in [2.75, 3.05) is 0 Å². The number of rotatable bonds is 8. The van der Waals surface area contributed by atoms with Crippen molar-refractivity contribution in [1.82, 2.24) is 10.6 Å². The monoisotopic (exact) mass is 460 g/mol. The van der Waals surface area contributed by atoms with Crippen molar-refractivity contribution in [3.05, 3.63) is 95.6 Å². The van der Waals surface area contributed by atoms with Crippen molar-refractivity contribution in [2.24, 2.45) is 0 Å². The van der Waals surface area contributed by atoms with Crippen molar-refractivity contribution >= 4 is 18.0 Å². The van der Waals surface area contributed by atoms with E-state index in [2.05, 4.69) is 10.6 Å². The van der Waals surface area contributed by atoms with Gasteiger partial charge in [0.05, 0.1) is 6.04 Å². The molecule has 8 nitrogen and oxygen atoms in total. The van der Waals surface area contributed by atoms with E-state index >= 15 is 0 Å². The minimum atomic E-state index is -1.26. The van der Waals surface area contributed by atoms with Crippen LogP contribution in [-0.4, -0.2) is 29.1 Å². The molecule has 0 aliphatic carbocycles. The van der Waals surface area contributed by atoms with Crippen LogP contribution in [0.25, 0.3) is 0 Å². The van der Waals surface area contributed by atoms with E-state index in [4.69, 9.17) is 9.47 Å². The molecule has 1 atom stereocenters. The first kappa shape index (κ1) is 22.8. The van der Waals surface area contributed by atoms with Gasteiger partial charge in [-0.15, -0.1) is 0 Å². The summed E-state index contributed by atoms with van der Waals surface area (Å²) >= 11 is 0. The quantitative estimate of drug-likeness (QED) is 0.465. The summed E-state index contributed by atoms with van der Waals surface area (Å²) in [4.78, 5) is 36.4. The molecule has 0 saturated carbocycles. The van der Waals surface area contributed by atoms with Crippen LogP contribution < -0.4 is 15.4 Å². The number of carboxylic acid groups (broad SMARTS) is 1. The number of aliphatic carboxylic acids is 1. The second kappa shape index (κ2) is 10.5. The Morgan fingerprint density at radius 2 is 1.47 bits per heavy atom. The summed E-state index contributed by atoms with van der Waals surface area (Å²) < 4.78 is 11.0. The fraction of sp³-hybridized carbons (Fsp3) is 0.192. The zero-order chi connectivity index (χ0) is 23.9. The number of carboxylic acids is 1. The number of hydrogen-bond acceptors (Lipinski definition) is 5. The summed E-state index contributed by atoms with van der Waals surface area (Å²) in [6, 6.07) is 22.2.